The summed E-state index contributed by atoms with van der Waals surface area (Å²) >= 11 is 18.2. The van der Waals surface area contributed by atoms with Crippen LogP contribution in [0.5, 0.6) is 0 Å². The molecule has 1 atom stereocenters. The Balaban J connectivity index is 1.98. The molecule has 2 heterocycles. The van der Waals surface area contributed by atoms with Gasteiger partial charge in [0.1, 0.15) is 11.8 Å². The number of aromatic nitrogens is 1. The Hall–Kier alpha value is -2.86. The third-order valence-corrected chi connectivity index (χ3v) is 6.01. The van der Waals surface area contributed by atoms with Gasteiger partial charge in [-0.25, -0.2) is 0 Å². The maximum Gasteiger partial charge on any atom is 0.300 e. The molecule has 1 aromatic heterocycles. The Morgan fingerprint density at radius 2 is 1.77 bits per heavy atom. The zero-order valence-electron chi connectivity index (χ0n) is 16.1. The van der Waals surface area contributed by atoms with Crippen LogP contribution < -0.4 is 4.90 Å². The van der Waals surface area contributed by atoms with Gasteiger partial charge in [0, 0.05) is 22.5 Å². The fourth-order valence-electron chi connectivity index (χ4n) is 3.54. The lowest BCUT2D eigenvalue weighted by Crippen LogP contribution is -2.30. The highest BCUT2D eigenvalue weighted by Gasteiger charge is 2.48. The molecule has 1 aliphatic heterocycles. The van der Waals surface area contributed by atoms with Gasteiger partial charge >= 0.3 is 0 Å². The van der Waals surface area contributed by atoms with Crippen molar-refractivity contribution in [2.75, 3.05) is 4.90 Å². The van der Waals surface area contributed by atoms with Crippen molar-refractivity contribution < 1.29 is 14.7 Å². The molecular formula is C23H15Cl3N2O3. The summed E-state index contributed by atoms with van der Waals surface area (Å²) in [6.07, 6.45) is 1.56. The maximum absolute atomic E-state index is 13.1. The minimum absolute atomic E-state index is 0.0959. The SMILES string of the molecule is Cc1ccc(Cl)cc1N1C(=O)C(=O)/C(=C(/O)c2ccc(Cl)c(Cl)c2)C1c1ccccn1. The molecule has 0 bridgehead atoms. The highest BCUT2D eigenvalue weighted by atomic mass is 35.5. The van der Waals surface area contributed by atoms with Gasteiger partial charge in [0.05, 0.1) is 21.3 Å². The molecule has 1 N–H and O–H groups in total. The van der Waals surface area contributed by atoms with E-state index >= 15 is 0 Å². The molecule has 0 aliphatic carbocycles. The average Bonchev–Trinajstić information content (AvgIpc) is 3.02. The van der Waals surface area contributed by atoms with E-state index in [4.69, 9.17) is 34.8 Å². The van der Waals surface area contributed by atoms with Gasteiger partial charge in [-0.1, -0.05) is 46.9 Å². The summed E-state index contributed by atoms with van der Waals surface area (Å²) < 4.78 is 0. The van der Waals surface area contributed by atoms with Crippen molar-refractivity contribution in [1.82, 2.24) is 4.98 Å². The van der Waals surface area contributed by atoms with Crippen molar-refractivity contribution in [3.05, 3.63) is 98.3 Å². The molecule has 3 aromatic rings. The van der Waals surface area contributed by atoms with Crippen molar-refractivity contribution in [3.63, 3.8) is 0 Å². The fourth-order valence-corrected chi connectivity index (χ4v) is 4.00. The van der Waals surface area contributed by atoms with E-state index < -0.39 is 17.7 Å². The number of carbonyl (C=O) groups is 2. The largest absolute Gasteiger partial charge is 0.507 e. The van der Waals surface area contributed by atoms with E-state index in [1.807, 2.05) is 0 Å². The van der Waals surface area contributed by atoms with Gasteiger partial charge in [0.25, 0.3) is 11.7 Å². The first-order chi connectivity index (χ1) is 14.8. The van der Waals surface area contributed by atoms with E-state index in [0.29, 0.717) is 21.4 Å². The van der Waals surface area contributed by atoms with E-state index in [1.165, 1.54) is 23.1 Å². The lowest BCUT2D eigenvalue weighted by atomic mass is 9.98. The number of rotatable bonds is 3. The fraction of sp³-hybridized carbons (Fsp3) is 0.0870. The number of hydrogen-bond donors (Lipinski definition) is 1. The Morgan fingerprint density at radius 3 is 2.45 bits per heavy atom. The first kappa shape index (κ1) is 21.4. The summed E-state index contributed by atoms with van der Waals surface area (Å²) in [4.78, 5) is 31.9. The zero-order valence-corrected chi connectivity index (χ0v) is 18.4. The van der Waals surface area contributed by atoms with Crippen molar-refractivity contribution >= 4 is 57.9 Å². The number of amides is 1. The minimum Gasteiger partial charge on any atom is -0.507 e. The summed E-state index contributed by atoms with van der Waals surface area (Å²) in [6, 6.07) is 13.7. The molecule has 4 rings (SSSR count). The second kappa shape index (κ2) is 8.35. The number of hydrogen-bond acceptors (Lipinski definition) is 4. The van der Waals surface area contributed by atoms with Gasteiger partial charge in [0.15, 0.2) is 0 Å². The summed E-state index contributed by atoms with van der Waals surface area (Å²) in [7, 11) is 0. The van der Waals surface area contributed by atoms with Crippen LogP contribution in [-0.2, 0) is 9.59 Å². The van der Waals surface area contributed by atoms with E-state index in [-0.39, 0.29) is 21.9 Å². The third kappa shape index (κ3) is 3.81. The topological polar surface area (TPSA) is 70.5 Å². The second-order valence-electron chi connectivity index (χ2n) is 6.98. The van der Waals surface area contributed by atoms with E-state index in [1.54, 1.807) is 49.5 Å². The molecule has 1 saturated heterocycles. The summed E-state index contributed by atoms with van der Waals surface area (Å²) in [5, 5.41) is 12.0. The van der Waals surface area contributed by atoms with Gasteiger partial charge < -0.3 is 5.11 Å². The zero-order chi connectivity index (χ0) is 22.3. The van der Waals surface area contributed by atoms with Crippen LogP contribution in [0.3, 0.4) is 0 Å². The minimum atomic E-state index is -0.951. The first-order valence-corrected chi connectivity index (χ1v) is 10.4. The van der Waals surface area contributed by atoms with Gasteiger partial charge in [-0.2, -0.15) is 0 Å². The predicted molar refractivity (Wildman–Crippen MR) is 122 cm³/mol. The van der Waals surface area contributed by atoms with Crippen LogP contribution in [0.2, 0.25) is 15.1 Å². The number of carbonyl (C=O) groups excluding carboxylic acids is 2. The molecule has 1 fully saturated rings. The van der Waals surface area contributed by atoms with Crippen LogP contribution in [0.1, 0.15) is 22.9 Å². The normalized spacial score (nSPS) is 17.9. The summed E-state index contributed by atoms with van der Waals surface area (Å²) in [5.74, 6) is -1.99. The maximum atomic E-state index is 13.1. The number of anilines is 1. The molecule has 0 radical (unpaired) electrons. The first-order valence-electron chi connectivity index (χ1n) is 9.23. The Bertz CT molecular complexity index is 1240. The molecule has 1 amide bonds. The molecule has 1 unspecified atom stereocenters. The van der Waals surface area contributed by atoms with Crippen LogP contribution in [-0.4, -0.2) is 21.8 Å². The molecule has 8 heteroatoms. The van der Waals surface area contributed by atoms with Crippen molar-refractivity contribution in [3.8, 4) is 0 Å². The highest BCUT2D eigenvalue weighted by molar-refractivity contribution is 6.52. The van der Waals surface area contributed by atoms with E-state index in [9.17, 15) is 14.7 Å². The molecule has 0 saturated carbocycles. The molecule has 1 aliphatic rings. The molecule has 0 spiro atoms. The second-order valence-corrected chi connectivity index (χ2v) is 8.23. The number of aliphatic hydroxyl groups is 1. The van der Waals surface area contributed by atoms with Gasteiger partial charge in [0.2, 0.25) is 0 Å². The van der Waals surface area contributed by atoms with Crippen molar-refractivity contribution in [2.45, 2.75) is 13.0 Å². The smallest absolute Gasteiger partial charge is 0.300 e. The summed E-state index contributed by atoms with van der Waals surface area (Å²) in [5.41, 5.74) is 1.78. The summed E-state index contributed by atoms with van der Waals surface area (Å²) in [6.45, 7) is 1.80. The molecule has 2 aromatic carbocycles. The molecule has 156 valence electrons. The quantitative estimate of drug-likeness (QED) is 0.289. The van der Waals surface area contributed by atoms with Crippen LogP contribution in [0.4, 0.5) is 5.69 Å². The van der Waals surface area contributed by atoms with Gasteiger partial charge in [-0.05, 0) is 55.0 Å². The van der Waals surface area contributed by atoms with E-state index in [2.05, 4.69) is 4.98 Å². The Kier molecular flexibility index (Phi) is 5.75. The van der Waals surface area contributed by atoms with Crippen molar-refractivity contribution in [2.24, 2.45) is 0 Å². The van der Waals surface area contributed by atoms with Crippen LogP contribution >= 0.6 is 34.8 Å². The molecular weight excluding hydrogens is 459 g/mol. The number of Topliss-reactive ketones (excluding diaryl/α,β-unsaturated/α-hetero) is 1. The number of pyridine rings is 1. The Morgan fingerprint density at radius 1 is 1.00 bits per heavy atom. The monoisotopic (exact) mass is 472 g/mol. The molecule has 5 nitrogen and oxygen atoms in total. The number of nitrogens with zero attached hydrogens (tertiary/aromatic N) is 2. The number of aryl methyl sites for hydroxylation is 1. The Labute approximate surface area is 193 Å². The standard InChI is InChI=1S/C23H15Cl3N2O3/c1-12-5-7-14(24)11-18(12)28-20(17-4-2-3-9-27-17)19(22(30)23(28)31)21(29)13-6-8-15(25)16(26)10-13/h2-11,20,29H,1H3/b21-19+. The highest BCUT2D eigenvalue weighted by Crippen LogP contribution is 2.43. The third-order valence-electron chi connectivity index (χ3n) is 5.04. The lowest BCUT2D eigenvalue weighted by molar-refractivity contribution is -0.132. The van der Waals surface area contributed by atoms with E-state index in [0.717, 1.165) is 5.56 Å². The number of benzene rings is 2. The predicted octanol–water partition coefficient (Wildman–Crippen LogP) is 5.98. The van der Waals surface area contributed by atoms with Crippen LogP contribution in [0.15, 0.2) is 66.4 Å². The van der Waals surface area contributed by atoms with Gasteiger partial charge in [-0.3, -0.25) is 19.5 Å². The number of aliphatic hydroxyl groups excluding tert-OH is 1. The van der Waals surface area contributed by atoms with Crippen molar-refractivity contribution in [1.29, 1.82) is 0 Å². The van der Waals surface area contributed by atoms with Gasteiger partial charge in [-0.15, -0.1) is 0 Å². The average molecular weight is 474 g/mol. The lowest BCUT2D eigenvalue weighted by Gasteiger charge is -2.26. The van der Waals surface area contributed by atoms with Crippen LogP contribution in [0, 0.1) is 6.92 Å². The van der Waals surface area contributed by atoms with Crippen LogP contribution in [0.25, 0.3) is 5.76 Å². The number of ketones is 1. The number of halogens is 3. The molecule has 31 heavy (non-hydrogen) atoms.